The molecule has 1 saturated carbocycles. The predicted octanol–water partition coefficient (Wildman–Crippen LogP) is 2.15. The van der Waals surface area contributed by atoms with Gasteiger partial charge in [-0.3, -0.25) is 0 Å². The Hall–Kier alpha value is -1.22. The van der Waals surface area contributed by atoms with E-state index in [0.717, 1.165) is 17.1 Å². The van der Waals surface area contributed by atoms with Gasteiger partial charge < -0.3 is 15.2 Å². The highest BCUT2D eigenvalue weighted by molar-refractivity contribution is 5.52. The van der Waals surface area contributed by atoms with Crippen LogP contribution in [0.5, 0.6) is 11.5 Å². The molecule has 0 saturated heterocycles. The fraction of sp³-hybridized carbons (Fsp3) is 0.538. The van der Waals surface area contributed by atoms with E-state index in [2.05, 4.69) is 19.9 Å². The highest BCUT2D eigenvalue weighted by Gasteiger charge is 2.57. The molecule has 2 atom stereocenters. The van der Waals surface area contributed by atoms with Crippen LogP contribution < -0.4 is 15.2 Å². The number of nitrogens with two attached hydrogens (primary N) is 1. The molecule has 0 unspecified atom stereocenters. The molecule has 2 rings (SSSR count). The molecule has 88 valence electrons. The normalized spacial score (nSPS) is 26.3. The van der Waals surface area contributed by atoms with Gasteiger partial charge in [0.05, 0.1) is 14.2 Å². The maximum atomic E-state index is 6.10. The third-order valence-electron chi connectivity index (χ3n) is 3.68. The summed E-state index contributed by atoms with van der Waals surface area (Å²) in [5, 5.41) is 0. The lowest BCUT2D eigenvalue weighted by Crippen LogP contribution is -2.06. The van der Waals surface area contributed by atoms with Crippen molar-refractivity contribution in [2.75, 3.05) is 14.2 Å². The maximum Gasteiger partial charge on any atom is 0.164 e. The van der Waals surface area contributed by atoms with Crippen LogP contribution in [-0.4, -0.2) is 20.3 Å². The molecule has 1 aliphatic carbocycles. The number of benzene rings is 1. The van der Waals surface area contributed by atoms with Crippen molar-refractivity contribution in [3.63, 3.8) is 0 Å². The van der Waals surface area contributed by atoms with E-state index in [1.54, 1.807) is 14.2 Å². The zero-order valence-electron chi connectivity index (χ0n) is 10.3. The Balaban J connectivity index is 2.43. The van der Waals surface area contributed by atoms with Crippen LogP contribution in [0.3, 0.4) is 0 Å². The molecule has 2 N–H and O–H groups in total. The predicted molar refractivity (Wildman–Crippen MR) is 64.0 cm³/mol. The summed E-state index contributed by atoms with van der Waals surface area (Å²) < 4.78 is 10.7. The van der Waals surface area contributed by atoms with Gasteiger partial charge in [0.2, 0.25) is 0 Å². The third-order valence-corrected chi connectivity index (χ3v) is 3.68. The monoisotopic (exact) mass is 221 g/mol. The molecule has 0 spiro atoms. The van der Waals surface area contributed by atoms with E-state index in [1.807, 2.05) is 12.1 Å². The topological polar surface area (TPSA) is 44.5 Å². The van der Waals surface area contributed by atoms with Crippen LogP contribution in [0, 0.1) is 5.41 Å². The Morgan fingerprint density at radius 1 is 1.19 bits per heavy atom. The molecule has 0 aromatic heterocycles. The second-order valence-corrected chi connectivity index (χ2v) is 4.91. The molecular formula is C13H19NO2. The minimum atomic E-state index is 0.152. The van der Waals surface area contributed by atoms with Crippen LogP contribution in [0.1, 0.15) is 25.3 Å². The van der Waals surface area contributed by atoms with E-state index in [4.69, 9.17) is 15.2 Å². The molecule has 0 radical (unpaired) electrons. The van der Waals surface area contributed by atoms with Gasteiger partial charge in [0.25, 0.3) is 0 Å². The van der Waals surface area contributed by atoms with Gasteiger partial charge in [-0.2, -0.15) is 0 Å². The standard InChI is InChI=1S/C13H19NO2/c1-13(2)10(12(13)14)8-6-5-7-9(15-3)11(8)16-4/h5-7,10,12H,14H2,1-4H3/t10-,12-/m1/s1. The smallest absolute Gasteiger partial charge is 0.164 e. The molecule has 1 aromatic rings. The minimum Gasteiger partial charge on any atom is -0.493 e. The Morgan fingerprint density at radius 3 is 2.25 bits per heavy atom. The van der Waals surface area contributed by atoms with Crippen molar-refractivity contribution in [1.82, 2.24) is 0 Å². The van der Waals surface area contributed by atoms with Gasteiger partial charge in [-0.1, -0.05) is 26.0 Å². The van der Waals surface area contributed by atoms with Crippen molar-refractivity contribution in [2.45, 2.75) is 25.8 Å². The quantitative estimate of drug-likeness (QED) is 0.850. The molecule has 0 amide bonds. The molecule has 0 bridgehead atoms. The lowest BCUT2D eigenvalue weighted by Gasteiger charge is -2.13. The Labute approximate surface area is 96.5 Å². The summed E-state index contributed by atoms with van der Waals surface area (Å²) in [4.78, 5) is 0. The first-order valence-electron chi connectivity index (χ1n) is 5.50. The van der Waals surface area contributed by atoms with Gasteiger partial charge in [-0.15, -0.1) is 0 Å². The van der Waals surface area contributed by atoms with Gasteiger partial charge in [-0.05, 0) is 11.5 Å². The third kappa shape index (κ3) is 1.47. The number of methoxy groups -OCH3 is 2. The van der Waals surface area contributed by atoms with Crippen molar-refractivity contribution < 1.29 is 9.47 Å². The zero-order chi connectivity index (χ0) is 11.9. The van der Waals surface area contributed by atoms with Crippen LogP contribution >= 0.6 is 0 Å². The Bertz CT molecular complexity index is 401. The Morgan fingerprint density at radius 2 is 1.81 bits per heavy atom. The van der Waals surface area contributed by atoms with E-state index in [-0.39, 0.29) is 11.5 Å². The molecule has 1 fully saturated rings. The van der Waals surface area contributed by atoms with Crippen molar-refractivity contribution in [3.8, 4) is 11.5 Å². The van der Waals surface area contributed by atoms with Crippen molar-refractivity contribution in [2.24, 2.45) is 11.1 Å². The largest absolute Gasteiger partial charge is 0.493 e. The van der Waals surface area contributed by atoms with Crippen LogP contribution in [0.2, 0.25) is 0 Å². The molecule has 16 heavy (non-hydrogen) atoms. The first-order valence-corrected chi connectivity index (χ1v) is 5.50. The summed E-state index contributed by atoms with van der Waals surface area (Å²) in [6.07, 6.45) is 0. The molecule has 3 nitrogen and oxygen atoms in total. The van der Waals surface area contributed by atoms with E-state index < -0.39 is 0 Å². The van der Waals surface area contributed by atoms with Crippen LogP contribution in [0.4, 0.5) is 0 Å². The van der Waals surface area contributed by atoms with Gasteiger partial charge in [0, 0.05) is 17.5 Å². The van der Waals surface area contributed by atoms with E-state index in [1.165, 1.54) is 0 Å². The summed E-state index contributed by atoms with van der Waals surface area (Å²) >= 11 is 0. The number of hydrogen-bond acceptors (Lipinski definition) is 3. The fourth-order valence-corrected chi connectivity index (χ4v) is 2.43. The Kier molecular flexibility index (Phi) is 2.58. The van der Waals surface area contributed by atoms with Crippen LogP contribution in [-0.2, 0) is 0 Å². The SMILES string of the molecule is COc1cccc([C@@H]2[C@@H](N)C2(C)C)c1OC. The summed E-state index contributed by atoms with van der Waals surface area (Å²) in [5.74, 6) is 1.95. The van der Waals surface area contributed by atoms with E-state index >= 15 is 0 Å². The first-order chi connectivity index (χ1) is 7.54. The lowest BCUT2D eigenvalue weighted by atomic mass is 10.0. The molecule has 0 heterocycles. The van der Waals surface area contributed by atoms with Gasteiger partial charge in [0.1, 0.15) is 0 Å². The highest BCUT2D eigenvalue weighted by Crippen LogP contribution is 2.60. The molecule has 0 aliphatic heterocycles. The van der Waals surface area contributed by atoms with Crippen molar-refractivity contribution >= 4 is 0 Å². The van der Waals surface area contributed by atoms with Crippen LogP contribution in [0.15, 0.2) is 18.2 Å². The first kappa shape index (κ1) is 11.3. The van der Waals surface area contributed by atoms with Gasteiger partial charge >= 0.3 is 0 Å². The van der Waals surface area contributed by atoms with Gasteiger partial charge in [0.15, 0.2) is 11.5 Å². The maximum absolute atomic E-state index is 6.10. The number of ether oxygens (including phenoxy) is 2. The molecule has 1 aromatic carbocycles. The summed E-state index contributed by atoms with van der Waals surface area (Å²) in [6.45, 7) is 4.36. The average molecular weight is 221 g/mol. The number of hydrogen-bond donors (Lipinski definition) is 1. The zero-order valence-corrected chi connectivity index (χ0v) is 10.3. The van der Waals surface area contributed by atoms with Crippen LogP contribution in [0.25, 0.3) is 0 Å². The van der Waals surface area contributed by atoms with Crippen molar-refractivity contribution in [3.05, 3.63) is 23.8 Å². The molecular weight excluding hydrogens is 202 g/mol. The van der Waals surface area contributed by atoms with E-state index in [9.17, 15) is 0 Å². The molecule has 1 aliphatic rings. The van der Waals surface area contributed by atoms with Gasteiger partial charge in [-0.25, -0.2) is 0 Å². The minimum absolute atomic E-state index is 0.152. The summed E-state index contributed by atoms with van der Waals surface area (Å²) in [7, 11) is 3.32. The van der Waals surface area contributed by atoms with E-state index in [0.29, 0.717) is 5.92 Å². The summed E-state index contributed by atoms with van der Waals surface area (Å²) in [5.41, 5.74) is 7.40. The second kappa shape index (κ2) is 3.67. The fourth-order valence-electron chi connectivity index (χ4n) is 2.43. The number of para-hydroxylation sites is 1. The average Bonchev–Trinajstić information content (AvgIpc) is 2.77. The highest BCUT2D eigenvalue weighted by atomic mass is 16.5. The van der Waals surface area contributed by atoms with Crippen molar-refractivity contribution in [1.29, 1.82) is 0 Å². The number of rotatable bonds is 3. The lowest BCUT2D eigenvalue weighted by molar-refractivity contribution is 0.350. The second-order valence-electron chi connectivity index (χ2n) is 4.91. The summed E-state index contributed by atoms with van der Waals surface area (Å²) in [6, 6.07) is 6.16. The molecule has 3 heteroatoms.